The molecule has 1 aromatic carbocycles. The van der Waals surface area contributed by atoms with Crippen molar-refractivity contribution in [2.45, 2.75) is 51.3 Å². The van der Waals surface area contributed by atoms with Crippen LogP contribution in [0.5, 0.6) is 5.75 Å². The molecule has 2 aromatic heterocycles. The van der Waals surface area contributed by atoms with E-state index in [1.54, 1.807) is 20.9 Å². The van der Waals surface area contributed by atoms with Gasteiger partial charge in [-0.2, -0.15) is 5.10 Å². The molecule has 2 N–H and O–H groups in total. The number of nitrogens with one attached hydrogen (secondary N) is 2. The van der Waals surface area contributed by atoms with Gasteiger partial charge in [-0.3, -0.25) is 14.3 Å². The van der Waals surface area contributed by atoms with Crippen molar-refractivity contribution in [3.8, 4) is 17.1 Å². The number of carbonyl (C=O) groups excluding carboxylic acids is 1. The molecule has 0 aliphatic carbocycles. The maximum atomic E-state index is 12.8. The van der Waals surface area contributed by atoms with Crippen molar-refractivity contribution in [1.82, 2.24) is 24.5 Å². The molecule has 0 spiro atoms. The zero-order chi connectivity index (χ0) is 23.5. The Kier molecular flexibility index (Phi) is 6.97. The summed E-state index contributed by atoms with van der Waals surface area (Å²) in [6, 6.07) is 4.17. The lowest BCUT2D eigenvalue weighted by molar-refractivity contribution is -0.119. The minimum absolute atomic E-state index is 0.0931. The van der Waals surface area contributed by atoms with Gasteiger partial charge in [0.25, 0.3) is 15.6 Å². The molecule has 3 rings (SSSR count). The van der Waals surface area contributed by atoms with Crippen LogP contribution >= 0.6 is 0 Å². The number of aromatic amines is 1. The zero-order valence-corrected chi connectivity index (χ0v) is 19.4. The van der Waals surface area contributed by atoms with E-state index in [9.17, 15) is 18.0 Å². The molecule has 11 heteroatoms. The van der Waals surface area contributed by atoms with Gasteiger partial charge in [0, 0.05) is 13.5 Å². The number of H-pyrrole nitrogens is 1. The van der Waals surface area contributed by atoms with Gasteiger partial charge in [-0.1, -0.05) is 20.3 Å². The Hall–Kier alpha value is -3.21. The number of sulfonamides is 1. The quantitative estimate of drug-likeness (QED) is 0.499. The predicted molar refractivity (Wildman–Crippen MR) is 120 cm³/mol. The van der Waals surface area contributed by atoms with Crippen LogP contribution < -0.4 is 15.0 Å². The van der Waals surface area contributed by atoms with E-state index in [1.165, 1.54) is 22.9 Å². The average molecular weight is 462 g/mol. The highest BCUT2D eigenvalue weighted by Gasteiger charge is 2.22. The Morgan fingerprint density at radius 1 is 1.22 bits per heavy atom. The summed E-state index contributed by atoms with van der Waals surface area (Å²) in [6.07, 6.45) is 2.08. The van der Waals surface area contributed by atoms with E-state index in [1.807, 2.05) is 6.92 Å². The standard InChI is InChI=1S/C21H27N5O5S/c1-5-8-15-18-19(26(4)24-15)21(28)23-20(22-18)14-12-13(10-11-16(14)31-7-3)32(29,30)25-17(27)9-6-2/h10-12H,5-9H2,1-4H3,(H,25,27)(H,22,23,28). The lowest BCUT2D eigenvalue weighted by atomic mass is 10.1. The molecule has 0 atom stereocenters. The van der Waals surface area contributed by atoms with Crippen molar-refractivity contribution < 1.29 is 17.9 Å². The van der Waals surface area contributed by atoms with Gasteiger partial charge in [0.2, 0.25) is 5.91 Å². The van der Waals surface area contributed by atoms with E-state index in [4.69, 9.17) is 4.74 Å². The number of rotatable bonds is 9. The van der Waals surface area contributed by atoms with Crippen molar-refractivity contribution in [3.63, 3.8) is 0 Å². The summed E-state index contributed by atoms with van der Waals surface area (Å²) < 4.78 is 34.6. The SMILES string of the molecule is CCCC(=O)NS(=O)(=O)c1ccc(OCC)c(-c2nc3c(CCC)nn(C)c3c(=O)[nH]2)c1. The summed E-state index contributed by atoms with van der Waals surface area (Å²) in [5.41, 5.74) is 1.38. The summed E-state index contributed by atoms with van der Waals surface area (Å²) in [5.74, 6) is -0.0709. The second-order valence-electron chi connectivity index (χ2n) is 7.30. The maximum absolute atomic E-state index is 12.8. The third-order valence-electron chi connectivity index (χ3n) is 4.79. The van der Waals surface area contributed by atoms with Crippen LogP contribution in [0.3, 0.4) is 0 Å². The Balaban J connectivity index is 2.18. The third kappa shape index (κ3) is 4.67. The van der Waals surface area contributed by atoms with Gasteiger partial charge < -0.3 is 9.72 Å². The summed E-state index contributed by atoms with van der Waals surface area (Å²) in [5, 5.41) is 4.40. The van der Waals surface area contributed by atoms with Crippen LogP contribution in [0, 0.1) is 0 Å². The van der Waals surface area contributed by atoms with Gasteiger partial charge in [-0.25, -0.2) is 18.1 Å². The molecule has 0 aliphatic rings. The van der Waals surface area contributed by atoms with Gasteiger partial charge in [-0.15, -0.1) is 0 Å². The van der Waals surface area contributed by atoms with Crippen LogP contribution in [0.4, 0.5) is 0 Å². The molecule has 0 radical (unpaired) electrons. The molecule has 0 fully saturated rings. The van der Waals surface area contributed by atoms with Crippen molar-refractivity contribution in [3.05, 3.63) is 34.2 Å². The molecule has 1 amide bonds. The highest BCUT2D eigenvalue weighted by atomic mass is 32.2. The Morgan fingerprint density at radius 2 is 1.97 bits per heavy atom. The molecule has 172 valence electrons. The van der Waals surface area contributed by atoms with E-state index in [-0.39, 0.29) is 17.1 Å². The normalized spacial score (nSPS) is 11.6. The van der Waals surface area contributed by atoms with E-state index in [2.05, 4.69) is 19.8 Å². The highest BCUT2D eigenvalue weighted by molar-refractivity contribution is 7.90. The number of fused-ring (bicyclic) bond motifs is 1. The number of amides is 1. The van der Waals surface area contributed by atoms with Crippen LogP contribution in [-0.4, -0.2) is 40.7 Å². The average Bonchev–Trinajstić information content (AvgIpc) is 3.04. The minimum Gasteiger partial charge on any atom is -0.493 e. The Bertz CT molecular complexity index is 1310. The number of ether oxygens (including phenoxy) is 1. The molecule has 2 heterocycles. The van der Waals surface area contributed by atoms with Crippen molar-refractivity contribution in [2.24, 2.45) is 7.05 Å². The van der Waals surface area contributed by atoms with Gasteiger partial charge in [0.1, 0.15) is 17.1 Å². The molecule has 0 unspecified atom stereocenters. The zero-order valence-electron chi connectivity index (χ0n) is 18.6. The lowest BCUT2D eigenvalue weighted by Gasteiger charge is -2.13. The molecule has 10 nitrogen and oxygen atoms in total. The van der Waals surface area contributed by atoms with Crippen molar-refractivity contribution in [2.75, 3.05) is 6.61 Å². The van der Waals surface area contributed by atoms with E-state index in [0.717, 1.165) is 6.42 Å². The number of hydrogen-bond donors (Lipinski definition) is 2. The van der Waals surface area contributed by atoms with Crippen LogP contribution in [0.2, 0.25) is 0 Å². The fraction of sp³-hybridized carbons (Fsp3) is 0.429. The van der Waals surface area contributed by atoms with Gasteiger partial charge in [0.15, 0.2) is 5.52 Å². The van der Waals surface area contributed by atoms with Crippen LogP contribution in [0.1, 0.15) is 45.7 Å². The second kappa shape index (κ2) is 9.51. The first-order chi connectivity index (χ1) is 15.2. The number of aromatic nitrogens is 4. The summed E-state index contributed by atoms with van der Waals surface area (Å²) in [7, 11) is -2.42. The number of benzene rings is 1. The number of nitrogens with zero attached hydrogens (tertiary/aromatic N) is 3. The molecule has 0 aliphatic heterocycles. The van der Waals surface area contributed by atoms with Crippen molar-refractivity contribution in [1.29, 1.82) is 0 Å². The summed E-state index contributed by atoms with van der Waals surface area (Å²) in [4.78, 5) is 31.8. The monoisotopic (exact) mass is 461 g/mol. The predicted octanol–water partition coefficient (Wildman–Crippen LogP) is 2.28. The topological polar surface area (TPSA) is 136 Å². The van der Waals surface area contributed by atoms with E-state index in [0.29, 0.717) is 47.5 Å². The third-order valence-corrected chi connectivity index (χ3v) is 6.16. The molecule has 0 saturated carbocycles. The first kappa shape index (κ1) is 23.5. The number of hydrogen-bond acceptors (Lipinski definition) is 7. The molecular formula is C21H27N5O5S. The lowest BCUT2D eigenvalue weighted by Crippen LogP contribution is -2.30. The summed E-state index contributed by atoms with van der Waals surface area (Å²) in [6.45, 7) is 5.90. The van der Waals surface area contributed by atoms with Crippen molar-refractivity contribution >= 4 is 27.0 Å². The Morgan fingerprint density at radius 3 is 2.62 bits per heavy atom. The highest BCUT2D eigenvalue weighted by Crippen LogP contribution is 2.31. The molecule has 3 aromatic rings. The van der Waals surface area contributed by atoms with Crippen LogP contribution in [0.25, 0.3) is 22.4 Å². The Labute approximate surface area is 186 Å². The second-order valence-corrected chi connectivity index (χ2v) is 8.98. The molecule has 32 heavy (non-hydrogen) atoms. The van der Waals surface area contributed by atoms with Gasteiger partial charge in [-0.05, 0) is 38.0 Å². The largest absolute Gasteiger partial charge is 0.493 e. The molecular weight excluding hydrogens is 434 g/mol. The van der Waals surface area contributed by atoms with Crippen LogP contribution in [0.15, 0.2) is 27.9 Å². The van der Waals surface area contributed by atoms with E-state index < -0.39 is 21.5 Å². The van der Waals surface area contributed by atoms with Crippen LogP contribution in [-0.2, 0) is 28.3 Å². The maximum Gasteiger partial charge on any atom is 0.277 e. The smallest absolute Gasteiger partial charge is 0.277 e. The first-order valence-corrected chi connectivity index (χ1v) is 12.0. The minimum atomic E-state index is -4.10. The van der Waals surface area contributed by atoms with Gasteiger partial charge >= 0.3 is 0 Å². The molecule has 0 bridgehead atoms. The number of carbonyl (C=O) groups is 1. The summed E-state index contributed by atoms with van der Waals surface area (Å²) >= 11 is 0. The fourth-order valence-electron chi connectivity index (χ4n) is 3.41. The molecule has 0 saturated heterocycles. The fourth-order valence-corrected chi connectivity index (χ4v) is 4.45. The number of aryl methyl sites for hydroxylation is 2. The van der Waals surface area contributed by atoms with E-state index >= 15 is 0 Å². The first-order valence-electron chi connectivity index (χ1n) is 10.5. The van der Waals surface area contributed by atoms with Gasteiger partial charge in [0.05, 0.1) is 22.8 Å².